The summed E-state index contributed by atoms with van der Waals surface area (Å²) >= 11 is 4.28. The van der Waals surface area contributed by atoms with Crippen LogP contribution in [0.4, 0.5) is 10.5 Å². The maximum atomic E-state index is 12.7. The number of carbonyl (C=O) groups is 3. The third-order valence-corrected chi connectivity index (χ3v) is 5.90. The minimum absolute atomic E-state index is 0.259. The number of halogens is 1. The summed E-state index contributed by atoms with van der Waals surface area (Å²) in [5.74, 6) is 0.800. The molecule has 1 fully saturated rings. The first-order chi connectivity index (χ1) is 15.3. The Hall–Kier alpha value is -2.78. The lowest BCUT2D eigenvalue weighted by molar-refractivity contribution is -0.127. The second-order valence-corrected chi connectivity index (χ2v) is 9.29. The number of ether oxygens (including phenoxy) is 2. The fraction of sp³-hybridized carbons (Fsp3) is 0.261. The Labute approximate surface area is 199 Å². The van der Waals surface area contributed by atoms with Gasteiger partial charge < -0.3 is 14.8 Å². The van der Waals surface area contributed by atoms with Gasteiger partial charge >= 0.3 is 0 Å². The van der Waals surface area contributed by atoms with Gasteiger partial charge in [0, 0.05) is 5.69 Å². The molecule has 3 rings (SSSR count). The van der Waals surface area contributed by atoms with Crippen molar-refractivity contribution >= 4 is 56.5 Å². The minimum atomic E-state index is -0.499. The molecule has 2 aromatic rings. The Morgan fingerprint density at radius 3 is 2.53 bits per heavy atom. The quantitative estimate of drug-likeness (QED) is 0.485. The van der Waals surface area contributed by atoms with Crippen molar-refractivity contribution in [3.63, 3.8) is 0 Å². The number of imide groups is 1. The molecule has 1 heterocycles. The number of rotatable bonds is 8. The van der Waals surface area contributed by atoms with Gasteiger partial charge in [0.15, 0.2) is 0 Å². The molecule has 32 heavy (non-hydrogen) atoms. The van der Waals surface area contributed by atoms with Crippen LogP contribution < -0.4 is 14.8 Å². The molecule has 2 aromatic carbocycles. The van der Waals surface area contributed by atoms with Gasteiger partial charge in [-0.25, -0.2) is 0 Å². The summed E-state index contributed by atoms with van der Waals surface area (Å²) in [4.78, 5) is 38.6. The van der Waals surface area contributed by atoms with E-state index in [0.29, 0.717) is 29.7 Å². The van der Waals surface area contributed by atoms with Crippen molar-refractivity contribution in [1.29, 1.82) is 0 Å². The van der Waals surface area contributed by atoms with E-state index in [1.807, 2.05) is 18.2 Å². The lowest BCUT2D eigenvalue weighted by Crippen LogP contribution is -2.36. The van der Waals surface area contributed by atoms with Crippen molar-refractivity contribution in [2.24, 2.45) is 5.92 Å². The molecule has 0 atom stereocenters. The molecule has 0 radical (unpaired) electrons. The highest BCUT2D eigenvalue weighted by molar-refractivity contribution is 9.10. The van der Waals surface area contributed by atoms with E-state index in [-0.39, 0.29) is 11.4 Å². The molecule has 7 nitrogen and oxygen atoms in total. The molecular formula is C23H23BrN2O5S. The van der Waals surface area contributed by atoms with Crippen molar-refractivity contribution in [3.05, 3.63) is 57.4 Å². The molecule has 1 aliphatic heterocycles. The maximum Gasteiger partial charge on any atom is 0.294 e. The van der Waals surface area contributed by atoms with Crippen LogP contribution in [0.5, 0.6) is 11.5 Å². The van der Waals surface area contributed by atoms with E-state index >= 15 is 0 Å². The average molecular weight is 519 g/mol. The number of anilines is 1. The Morgan fingerprint density at radius 1 is 1.19 bits per heavy atom. The fourth-order valence-corrected chi connectivity index (χ4v) is 4.14. The van der Waals surface area contributed by atoms with E-state index in [1.165, 1.54) is 0 Å². The number of benzene rings is 2. The summed E-state index contributed by atoms with van der Waals surface area (Å²) < 4.78 is 11.6. The number of carbonyl (C=O) groups excluding carboxylic acids is 3. The molecule has 0 saturated carbocycles. The van der Waals surface area contributed by atoms with E-state index in [4.69, 9.17) is 9.47 Å². The van der Waals surface area contributed by atoms with Crippen LogP contribution >= 0.6 is 27.7 Å². The highest BCUT2D eigenvalue weighted by Gasteiger charge is 2.36. The van der Waals surface area contributed by atoms with Crippen molar-refractivity contribution in [2.45, 2.75) is 13.8 Å². The largest absolute Gasteiger partial charge is 0.497 e. The number of nitrogens with one attached hydrogen (secondary N) is 1. The third-order valence-electron chi connectivity index (χ3n) is 4.37. The van der Waals surface area contributed by atoms with Gasteiger partial charge in [0.05, 0.1) is 23.1 Å². The van der Waals surface area contributed by atoms with Gasteiger partial charge in [-0.1, -0.05) is 19.9 Å². The zero-order chi connectivity index (χ0) is 23.3. The van der Waals surface area contributed by atoms with Crippen LogP contribution in [0, 0.1) is 5.92 Å². The highest BCUT2D eigenvalue weighted by Crippen LogP contribution is 2.34. The molecule has 1 saturated heterocycles. The van der Waals surface area contributed by atoms with Crippen molar-refractivity contribution in [2.75, 3.05) is 25.6 Å². The SMILES string of the molecule is COc1ccc(NC(=O)CN2C(=O)S/C(=C/c3ccc(OCC(C)C)c(Br)c3)C2=O)cc1. The monoisotopic (exact) mass is 518 g/mol. The molecule has 0 aromatic heterocycles. The zero-order valence-corrected chi connectivity index (χ0v) is 20.3. The second-order valence-electron chi connectivity index (χ2n) is 7.44. The summed E-state index contributed by atoms with van der Waals surface area (Å²) in [6, 6.07) is 12.2. The van der Waals surface area contributed by atoms with Gasteiger partial charge in [0.2, 0.25) is 5.91 Å². The van der Waals surface area contributed by atoms with Crippen LogP contribution in [-0.4, -0.2) is 42.2 Å². The van der Waals surface area contributed by atoms with E-state index in [0.717, 1.165) is 26.7 Å². The normalized spacial score (nSPS) is 14.9. The molecule has 9 heteroatoms. The fourth-order valence-electron chi connectivity index (χ4n) is 2.79. The molecule has 3 amide bonds. The molecule has 0 bridgehead atoms. The van der Waals surface area contributed by atoms with Crippen molar-refractivity contribution in [1.82, 2.24) is 4.90 Å². The van der Waals surface area contributed by atoms with Crippen LogP contribution in [0.1, 0.15) is 19.4 Å². The number of hydrogen-bond donors (Lipinski definition) is 1. The predicted molar refractivity (Wildman–Crippen MR) is 129 cm³/mol. The van der Waals surface area contributed by atoms with Crippen LogP contribution in [-0.2, 0) is 9.59 Å². The smallest absolute Gasteiger partial charge is 0.294 e. The number of thioether (sulfide) groups is 1. The maximum absolute atomic E-state index is 12.7. The average Bonchev–Trinajstić information content (AvgIpc) is 3.01. The Kier molecular flexibility index (Phi) is 7.98. The Balaban J connectivity index is 1.65. The van der Waals surface area contributed by atoms with Crippen LogP contribution in [0.3, 0.4) is 0 Å². The van der Waals surface area contributed by atoms with Gasteiger partial charge in [-0.15, -0.1) is 0 Å². The molecule has 1 aliphatic rings. The highest BCUT2D eigenvalue weighted by atomic mass is 79.9. The molecular weight excluding hydrogens is 496 g/mol. The van der Waals surface area contributed by atoms with Crippen molar-refractivity contribution in [3.8, 4) is 11.5 Å². The van der Waals surface area contributed by atoms with Crippen LogP contribution in [0.25, 0.3) is 6.08 Å². The van der Waals surface area contributed by atoms with Gasteiger partial charge in [-0.05, 0) is 81.6 Å². The molecule has 0 aliphatic carbocycles. The van der Waals surface area contributed by atoms with Gasteiger partial charge in [0.1, 0.15) is 18.0 Å². The Bertz CT molecular complexity index is 1050. The third kappa shape index (κ3) is 6.14. The van der Waals surface area contributed by atoms with E-state index in [2.05, 4.69) is 35.1 Å². The molecule has 168 valence electrons. The number of hydrogen-bond acceptors (Lipinski definition) is 6. The minimum Gasteiger partial charge on any atom is -0.497 e. The summed E-state index contributed by atoms with van der Waals surface area (Å²) in [6.45, 7) is 4.36. The second kappa shape index (κ2) is 10.7. The van der Waals surface area contributed by atoms with E-state index < -0.39 is 17.1 Å². The van der Waals surface area contributed by atoms with Crippen LogP contribution in [0.15, 0.2) is 51.8 Å². The van der Waals surface area contributed by atoms with E-state index in [1.54, 1.807) is 37.5 Å². The Morgan fingerprint density at radius 2 is 1.91 bits per heavy atom. The molecule has 0 spiro atoms. The van der Waals surface area contributed by atoms with Crippen LogP contribution in [0.2, 0.25) is 0 Å². The molecule has 1 N–H and O–H groups in total. The predicted octanol–water partition coefficient (Wildman–Crippen LogP) is 5.17. The summed E-state index contributed by atoms with van der Waals surface area (Å²) in [5, 5.41) is 2.19. The lowest BCUT2D eigenvalue weighted by atomic mass is 10.2. The van der Waals surface area contributed by atoms with Crippen molar-refractivity contribution < 1.29 is 23.9 Å². The summed E-state index contributed by atoms with van der Waals surface area (Å²) in [5.41, 5.74) is 1.28. The summed E-state index contributed by atoms with van der Waals surface area (Å²) in [6.07, 6.45) is 1.63. The molecule has 0 unspecified atom stereocenters. The number of methoxy groups -OCH3 is 1. The topological polar surface area (TPSA) is 84.9 Å². The first kappa shape index (κ1) is 23.9. The first-order valence-electron chi connectivity index (χ1n) is 9.88. The zero-order valence-electron chi connectivity index (χ0n) is 17.9. The van der Waals surface area contributed by atoms with E-state index in [9.17, 15) is 14.4 Å². The lowest BCUT2D eigenvalue weighted by Gasteiger charge is -2.12. The first-order valence-corrected chi connectivity index (χ1v) is 11.5. The van der Waals surface area contributed by atoms with Gasteiger partial charge in [-0.3, -0.25) is 19.3 Å². The van der Waals surface area contributed by atoms with Gasteiger partial charge in [-0.2, -0.15) is 0 Å². The van der Waals surface area contributed by atoms with Gasteiger partial charge in [0.25, 0.3) is 11.1 Å². The number of nitrogens with zero attached hydrogens (tertiary/aromatic N) is 1. The number of amides is 3. The standard InChI is InChI=1S/C23H23BrN2O5S/c1-14(2)13-31-19-9-4-15(10-18(19)24)11-20-22(28)26(23(29)32-20)12-21(27)25-16-5-7-17(30-3)8-6-16/h4-11,14H,12-13H2,1-3H3,(H,25,27)/b20-11+. The summed E-state index contributed by atoms with van der Waals surface area (Å²) in [7, 11) is 1.55.